The Hall–Kier alpha value is -1.91. The van der Waals surface area contributed by atoms with E-state index in [-0.39, 0.29) is 24.8 Å². The van der Waals surface area contributed by atoms with Crippen molar-refractivity contribution in [3.63, 3.8) is 0 Å². The van der Waals surface area contributed by atoms with E-state index in [1.54, 1.807) is 20.8 Å². The molecule has 0 bridgehead atoms. The third-order valence-electron chi connectivity index (χ3n) is 6.59. The quantitative estimate of drug-likeness (QED) is 0.0843. The number of amides is 3. The lowest BCUT2D eigenvalue weighted by Gasteiger charge is -2.19. The van der Waals surface area contributed by atoms with Crippen LogP contribution in [0, 0.1) is 0 Å². The van der Waals surface area contributed by atoms with Gasteiger partial charge in [0.25, 0.3) is 0 Å². The highest BCUT2D eigenvalue weighted by atomic mass is 16.6. The fourth-order valence-electron chi connectivity index (χ4n) is 4.31. The molecule has 0 saturated heterocycles. The first-order valence-electron chi connectivity index (χ1n) is 16.5. The molecule has 0 saturated carbocycles. The number of hydrogen-bond donors (Lipinski definition) is 4. The second-order valence-electron chi connectivity index (χ2n) is 11.9. The van der Waals surface area contributed by atoms with Crippen LogP contribution in [0.25, 0.3) is 0 Å². The second kappa shape index (κ2) is 29.2. The summed E-state index contributed by atoms with van der Waals surface area (Å²) in [6.45, 7) is 8.28. The molecule has 0 spiro atoms. The molecule has 248 valence electrons. The fraction of sp³-hybridized carbons (Fsp3) is 0.906. The van der Waals surface area contributed by atoms with Crippen molar-refractivity contribution in [3.8, 4) is 0 Å². The molecular formula is C32H63N3O7. The molecule has 0 aliphatic heterocycles. The monoisotopic (exact) mass is 601 g/mol. The minimum atomic E-state index is -0.539. The van der Waals surface area contributed by atoms with Gasteiger partial charge in [0.05, 0.1) is 26.4 Å². The van der Waals surface area contributed by atoms with Gasteiger partial charge in [0, 0.05) is 39.1 Å². The lowest BCUT2D eigenvalue weighted by molar-refractivity contribution is -0.122. The molecular weight excluding hydrogens is 538 g/mol. The molecule has 0 radical (unpaired) electrons. The van der Waals surface area contributed by atoms with Crippen molar-refractivity contribution < 1.29 is 33.7 Å². The van der Waals surface area contributed by atoms with Crippen LogP contribution in [-0.2, 0) is 23.8 Å². The number of carbonyl (C=O) groups excluding carboxylic acids is 3. The van der Waals surface area contributed by atoms with Crippen LogP contribution in [0.5, 0.6) is 0 Å². The van der Waals surface area contributed by atoms with Crippen LogP contribution in [0.2, 0.25) is 0 Å². The number of alkyl carbamates (subject to hydrolysis) is 1. The number of hydrogen-bond acceptors (Lipinski definition) is 7. The topological polar surface area (TPSA) is 135 Å². The second-order valence-corrected chi connectivity index (χ2v) is 11.9. The summed E-state index contributed by atoms with van der Waals surface area (Å²) in [4.78, 5) is 35.3. The van der Waals surface area contributed by atoms with Crippen molar-refractivity contribution in [2.75, 3.05) is 52.7 Å². The molecule has 4 N–H and O–H groups in total. The van der Waals surface area contributed by atoms with Gasteiger partial charge in [-0.05, 0) is 33.6 Å². The summed E-state index contributed by atoms with van der Waals surface area (Å²) in [5, 5.41) is 17.0. The van der Waals surface area contributed by atoms with E-state index < -0.39 is 11.7 Å². The minimum Gasteiger partial charge on any atom is -0.444 e. The lowest BCUT2D eigenvalue weighted by atomic mass is 10.0. The summed E-state index contributed by atoms with van der Waals surface area (Å²) in [7, 11) is 0. The zero-order valence-electron chi connectivity index (χ0n) is 27.1. The maximum Gasteiger partial charge on any atom is 0.407 e. The summed E-state index contributed by atoms with van der Waals surface area (Å²) < 4.78 is 15.9. The largest absolute Gasteiger partial charge is 0.444 e. The number of nitrogens with one attached hydrogen (secondary N) is 3. The summed E-state index contributed by atoms with van der Waals surface area (Å²) in [6.07, 6.45) is 18.9. The van der Waals surface area contributed by atoms with Gasteiger partial charge in [-0.25, -0.2) is 4.79 Å². The highest BCUT2D eigenvalue weighted by molar-refractivity contribution is 5.76. The van der Waals surface area contributed by atoms with Crippen molar-refractivity contribution in [1.82, 2.24) is 16.0 Å². The van der Waals surface area contributed by atoms with E-state index in [0.29, 0.717) is 52.5 Å². The zero-order chi connectivity index (χ0) is 31.2. The first kappa shape index (κ1) is 40.1. The average Bonchev–Trinajstić information content (AvgIpc) is 2.93. The minimum absolute atomic E-state index is 0.0709. The number of carbonyl (C=O) groups is 3. The number of aliphatic hydroxyl groups is 1. The molecule has 10 heteroatoms. The first-order valence-corrected chi connectivity index (χ1v) is 16.5. The summed E-state index contributed by atoms with van der Waals surface area (Å²) in [6, 6.07) is 0. The smallest absolute Gasteiger partial charge is 0.407 e. The predicted molar refractivity (Wildman–Crippen MR) is 167 cm³/mol. The van der Waals surface area contributed by atoms with Crippen molar-refractivity contribution in [1.29, 1.82) is 0 Å². The van der Waals surface area contributed by atoms with Crippen LogP contribution in [-0.4, -0.2) is 81.3 Å². The SMILES string of the molecule is CC(C)(C)OC(=O)NCCOCCC(=O)NCCOCCNC(=O)CCCCCCCCCCCCCCCCCO. The van der Waals surface area contributed by atoms with Gasteiger partial charge in [-0.3, -0.25) is 9.59 Å². The Balaban J connectivity index is 3.32. The van der Waals surface area contributed by atoms with E-state index in [9.17, 15) is 14.4 Å². The van der Waals surface area contributed by atoms with Gasteiger partial charge < -0.3 is 35.3 Å². The molecule has 0 aromatic carbocycles. The van der Waals surface area contributed by atoms with E-state index in [4.69, 9.17) is 19.3 Å². The van der Waals surface area contributed by atoms with Crippen LogP contribution in [0.1, 0.15) is 130 Å². The van der Waals surface area contributed by atoms with E-state index >= 15 is 0 Å². The van der Waals surface area contributed by atoms with Gasteiger partial charge in [0.15, 0.2) is 0 Å². The Morgan fingerprint density at radius 2 is 0.905 bits per heavy atom. The van der Waals surface area contributed by atoms with Crippen molar-refractivity contribution in [2.45, 2.75) is 136 Å². The Morgan fingerprint density at radius 1 is 0.524 bits per heavy atom. The molecule has 0 unspecified atom stereocenters. The molecule has 0 aromatic heterocycles. The first-order chi connectivity index (χ1) is 20.2. The van der Waals surface area contributed by atoms with E-state index in [1.807, 2.05) is 0 Å². The van der Waals surface area contributed by atoms with Crippen molar-refractivity contribution in [2.24, 2.45) is 0 Å². The Morgan fingerprint density at radius 3 is 1.36 bits per heavy atom. The van der Waals surface area contributed by atoms with E-state index in [1.165, 1.54) is 77.0 Å². The molecule has 0 rings (SSSR count). The van der Waals surface area contributed by atoms with E-state index in [0.717, 1.165) is 19.3 Å². The van der Waals surface area contributed by atoms with Crippen LogP contribution in [0.4, 0.5) is 4.79 Å². The molecule has 10 nitrogen and oxygen atoms in total. The van der Waals surface area contributed by atoms with Gasteiger partial charge in [-0.1, -0.05) is 83.5 Å². The number of ether oxygens (including phenoxy) is 3. The Labute approximate surface area is 255 Å². The molecule has 0 atom stereocenters. The van der Waals surface area contributed by atoms with Crippen LogP contribution >= 0.6 is 0 Å². The van der Waals surface area contributed by atoms with E-state index in [2.05, 4.69) is 16.0 Å². The van der Waals surface area contributed by atoms with Gasteiger partial charge in [0.2, 0.25) is 11.8 Å². The highest BCUT2D eigenvalue weighted by Gasteiger charge is 2.15. The molecule has 0 heterocycles. The molecule has 0 fully saturated rings. The Bertz CT molecular complexity index is 657. The normalized spacial score (nSPS) is 11.3. The maximum atomic E-state index is 12.0. The standard InChI is InChI=1S/C32H63N3O7/c1-32(2,3)42-31(39)35-23-28-40-25-20-30(38)34-22-27-41-26-21-33-29(37)19-17-15-13-11-9-7-5-4-6-8-10-12-14-16-18-24-36/h36H,4-28H2,1-3H3,(H,33,37)(H,34,38)(H,35,39). The maximum absolute atomic E-state index is 12.0. The summed E-state index contributed by atoms with van der Waals surface area (Å²) in [5.41, 5.74) is -0.539. The summed E-state index contributed by atoms with van der Waals surface area (Å²) >= 11 is 0. The molecule has 0 aromatic rings. The third-order valence-corrected chi connectivity index (χ3v) is 6.59. The molecule has 0 aliphatic rings. The van der Waals surface area contributed by atoms with Gasteiger partial charge in [-0.15, -0.1) is 0 Å². The van der Waals surface area contributed by atoms with Crippen LogP contribution in [0.15, 0.2) is 0 Å². The van der Waals surface area contributed by atoms with Gasteiger partial charge >= 0.3 is 6.09 Å². The number of aliphatic hydroxyl groups excluding tert-OH is 1. The number of unbranched alkanes of at least 4 members (excludes halogenated alkanes) is 14. The third kappa shape index (κ3) is 32.6. The predicted octanol–water partition coefficient (Wildman–Crippen LogP) is 5.40. The zero-order valence-corrected chi connectivity index (χ0v) is 27.1. The molecule has 0 aliphatic carbocycles. The number of rotatable bonds is 29. The molecule has 3 amide bonds. The van der Waals surface area contributed by atoms with Gasteiger partial charge in [-0.2, -0.15) is 0 Å². The van der Waals surface area contributed by atoms with Crippen molar-refractivity contribution >= 4 is 17.9 Å². The highest BCUT2D eigenvalue weighted by Crippen LogP contribution is 2.13. The fourth-order valence-corrected chi connectivity index (χ4v) is 4.31. The van der Waals surface area contributed by atoms with Crippen LogP contribution < -0.4 is 16.0 Å². The van der Waals surface area contributed by atoms with Crippen LogP contribution in [0.3, 0.4) is 0 Å². The lowest BCUT2D eigenvalue weighted by Crippen LogP contribution is -2.34. The molecule has 42 heavy (non-hydrogen) atoms. The van der Waals surface area contributed by atoms with Gasteiger partial charge in [0.1, 0.15) is 5.60 Å². The van der Waals surface area contributed by atoms with Crippen molar-refractivity contribution in [3.05, 3.63) is 0 Å². The Kier molecular flexibility index (Phi) is 27.8. The average molecular weight is 602 g/mol. The summed E-state index contributed by atoms with van der Waals surface area (Å²) in [5.74, 6) is -0.0542.